The van der Waals surface area contributed by atoms with Crippen molar-refractivity contribution in [1.29, 1.82) is 5.26 Å². The van der Waals surface area contributed by atoms with Crippen LogP contribution in [0.5, 0.6) is 0 Å². The van der Waals surface area contributed by atoms with Crippen LogP contribution in [0.2, 0.25) is 0 Å². The smallest absolute Gasteiger partial charge is 0.225 e. The van der Waals surface area contributed by atoms with Crippen LogP contribution >= 0.6 is 11.3 Å². The Morgan fingerprint density at radius 2 is 2.19 bits per heavy atom. The van der Waals surface area contributed by atoms with Crippen molar-refractivity contribution in [1.82, 2.24) is 9.97 Å². The maximum Gasteiger partial charge on any atom is 0.225 e. The van der Waals surface area contributed by atoms with Crippen LogP contribution in [-0.4, -0.2) is 17.0 Å². The van der Waals surface area contributed by atoms with E-state index >= 15 is 0 Å². The number of nitrogens with one attached hydrogen (secondary N) is 2. The molecule has 3 aromatic rings. The number of thiophene rings is 1. The van der Waals surface area contributed by atoms with Gasteiger partial charge in [0.15, 0.2) is 0 Å². The third kappa shape index (κ3) is 2.78. The number of benzene rings is 1. The van der Waals surface area contributed by atoms with E-state index in [1.54, 1.807) is 24.5 Å². The molecule has 21 heavy (non-hydrogen) atoms. The first-order valence-corrected chi connectivity index (χ1v) is 7.34. The Bertz CT molecular complexity index is 818. The molecule has 0 spiro atoms. The van der Waals surface area contributed by atoms with Crippen molar-refractivity contribution < 1.29 is 0 Å². The van der Waals surface area contributed by atoms with Crippen LogP contribution in [0.3, 0.4) is 0 Å². The van der Waals surface area contributed by atoms with Gasteiger partial charge in [0.1, 0.15) is 10.6 Å². The van der Waals surface area contributed by atoms with Crippen molar-refractivity contribution in [3.8, 4) is 6.07 Å². The number of hydrogen-bond donors (Lipinski definition) is 2. The molecule has 0 saturated heterocycles. The molecule has 0 unspecified atom stereocenters. The fraction of sp³-hybridized carbons (Fsp3) is 0.133. The van der Waals surface area contributed by atoms with Crippen LogP contribution in [0.4, 0.5) is 11.8 Å². The Morgan fingerprint density at radius 3 is 3.00 bits per heavy atom. The van der Waals surface area contributed by atoms with Crippen LogP contribution in [0.1, 0.15) is 11.1 Å². The van der Waals surface area contributed by atoms with Gasteiger partial charge in [-0.1, -0.05) is 12.1 Å². The highest BCUT2D eigenvalue weighted by atomic mass is 32.1. The third-order valence-electron chi connectivity index (χ3n) is 3.06. The molecule has 0 radical (unpaired) electrons. The maximum absolute atomic E-state index is 8.93. The van der Waals surface area contributed by atoms with Crippen LogP contribution in [-0.2, 0) is 6.54 Å². The Kier molecular flexibility index (Phi) is 3.67. The van der Waals surface area contributed by atoms with E-state index < -0.39 is 0 Å². The summed E-state index contributed by atoms with van der Waals surface area (Å²) >= 11 is 1.58. The standard InChI is InChI=1S/C15H13N5S/c1-17-15-19-13(12-5-6-21-14(12)20-15)18-9-11-4-2-3-10(7-11)8-16/h2-7H,9H2,1H3,(H2,17,18,19,20). The van der Waals surface area contributed by atoms with E-state index in [1.807, 2.05) is 29.6 Å². The molecule has 104 valence electrons. The lowest BCUT2D eigenvalue weighted by molar-refractivity contribution is 1.10. The first-order valence-electron chi connectivity index (χ1n) is 6.46. The minimum Gasteiger partial charge on any atom is -0.365 e. The van der Waals surface area contributed by atoms with Crippen molar-refractivity contribution >= 4 is 33.3 Å². The highest BCUT2D eigenvalue weighted by molar-refractivity contribution is 7.16. The lowest BCUT2D eigenvalue weighted by atomic mass is 10.1. The maximum atomic E-state index is 8.93. The van der Waals surface area contributed by atoms with Crippen LogP contribution in [0.25, 0.3) is 10.2 Å². The molecule has 0 aliphatic carbocycles. The van der Waals surface area contributed by atoms with Gasteiger partial charge in [-0.25, -0.2) is 4.98 Å². The van der Waals surface area contributed by atoms with Crippen molar-refractivity contribution in [2.75, 3.05) is 17.7 Å². The average Bonchev–Trinajstić information content (AvgIpc) is 3.01. The predicted molar refractivity (Wildman–Crippen MR) is 85.4 cm³/mol. The summed E-state index contributed by atoms with van der Waals surface area (Å²) in [7, 11) is 1.80. The molecule has 0 saturated carbocycles. The second-order valence-corrected chi connectivity index (χ2v) is 5.35. The average molecular weight is 295 g/mol. The summed E-state index contributed by atoms with van der Waals surface area (Å²) in [6.07, 6.45) is 0. The van der Waals surface area contributed by atoms with E-state index in [0.29, 0.717) is 18.1 Å². The zero-order chi connectivity index (χ0) is 14.7. The molecular formula is C15H13N5S. The van der Waals surface area contributed by atoms with Gasteiger partial charge in [0.05, 0.1) is 17.0 Å². The Hall–Kier alpha value is -2.65. The molecule has 2 N–H and O–H groups in total. The van der Waals surface area contributed by atoms with E-state index in [0.717, 1.165) is 21.6 Å². The molecule has 6 heteroatoms. The quantitative estimate of drug-likeness (QED) is 0.773. The van der Waals surface area contributed by atoms with Crippen molar-refractivity contribution in [3.05, 3.63) is 46.8 Å². The number of fused-ring (bicyclic) bond motifs is 1. The second kappa shape index (κ2) is 5.77. The number of anilines is 2. The molecule has 5 nitrogen and oxygen atoms in total. The number of hydrogen-bond acceptors (Lipinski definition) is 6. The van der Waals surface area contributed by atoms with Gasteiger partial charge >= 0.3 is 0 Å². The van der Waals surface area contributed by atoms with E-state index in [4.69, 9.17) is 5.26 Å². The molecule has 3 rings (SSSR count). The van der Waals surface area contributed by atoms with E-state index in [9.17, 15) is 0 Å². The molecule has 2 heterocycles. The molecular weight excluding hydrogens is 282 g/mol. The first kappa shape index (κ1) is 13.3. The molecule has 0 atom stereocenters. The number of nitrogens with zero attached hydrogens (tertiary/aromatic N) is 3. The van der Waals surface area contributed by atoms with Gasteiger partial charge in [0.2, 0.25) is 5.95 Å². The van der Waals surface area contributed by atoms with Gasteiger partial charge in [0.25, 0.3) is 0 Å². The molecule has 0 bridgehead atoms. The minimum absolute atomic E-state index is 0.596. The van der Waals surface area contributed by atoms with Gasteiger partial charge in [0, 0.05) is 13.6 Å². The van der Waals surface area contributed by atoms with Crippen molar-refractivity contribution in [2.24, 2.45) is 0 Å². The van der Waals surface area contributed by atoms with Crippen LogP contribution in [0, 0.1) is 11.3 Å². The SMILES string of the molecule is CNc1nc(NCc2cccc(C#N)c2)c2ccsc2n1. The largest absolute Gasteiger partial charge is 0.365 e. The fourth-order valence-corrected chi connectivity index (χ4v) is 2.80. The lowest BCUT2D eigenvalue weighted by Gasteiger charge is -2.09. The van der Waals surface area contributed by atoms with Gasteiger partial charge in [-0.2, -0.15) is 10.2 Å². The van der Waals surface area contributed by atoms with Gasteiger partial charge in [-0.05, 0) is 29.1 Å². The minimum atomic E-state index is 0.596. The summed E-state index contributed by atoms with van der Waals surface area (Å²) in [6, 6.07) is 11.7. The Balaban J connectivity index is 1.87. The normalized spacial score (nSPS) is 10.3. The number of rotatable bonds is 4. The van der Waals surface area contributed by atoms with Crippen LogP contribution in [0.15, 0.2) is 35.7 Å². The topological polar surface area (TPSA) is 73.6 Å². The van der Waals surface area contributed by atoms with Crippen LogP contribution < -0.4 is 10.6 Å². The summed E-state index contributed by atoms with van der Waals surface area (Å²) in [6.45, 7) is 0.612. The Labute approximate surface area is 126 Å². The summed E-state index contributed by atoms with van der Waals surface area (Å²) < 4.78 is 0. The second-order valence-electron chi connectivity index (χ2n) is 4.45. The van der Waals surface area contributed by atoms with E-state index in [2.05, 4.69) is 26.7 Å². The summed E-state index contributed by atoms with van der Waals surface area (Å²) in [5, 5.41) is 18.2. The molecule has 0 amide bonds. The molecule has 0 fully saturated rings. The summed E-state index contributed by atoms with van der Waals surface area (Å²) in [5.41, 5.74) is 1.70. The zero-order valence-electron chi connectivity index (χ0n) is 11.4. The zero-order valence-corrected chi connectivity index (χ0v) is 12.2. The summed E-state index contributed by atoms with van der Waals surface area (Å²) in [4.78, 5) is 9.81. The van der Waals surface area contributed by atoms with E-state index in [1.165, 1.54) is 0 Å². The van der Waals surface area contributed by atoms with Crippen molar-refractivity contribution in [2.45, 2.75) is 6.54 Å². The van der Waals surface area contributed by atoms with Gasteiger partial charge in [-0.15, -0.1) is 11.3 Å². The monoisotopic (exact) mass is 295 g/mol. The lowest BCUT2D eigenvalue weighted by Crippen LogP contribution is -2.05. The van der Waals surface area contributed by atoms with Gasteiger partial charge < -0.3 is 10.6 Å². The van der Waals surface area contributed by atoms with E-state index in [-0.39, 0.29) is 0 Å². The number of nitriles is 1. The Morgan fingerprint density at radius 1 is 1.29 bits per heavy atom. The number of aromatic nitrogens is 2. The highest BCUT2D eigenvalue weighted by Gasteiger charge is 2.08. The molecule has 0 aliphatic rings. The fourth-order valence-electron chi connectivity index (χ4n) is 2.04. The molecule has 0 aliphatic heterocycles. The van der Waals surface area contributed by atoms with Crippen molar-refractivity contribution in [3.63, 3.8) is 0 Å². The summed E-state index contributed by atoms with van der Waals surface area (Å²) in [5.74, 6) is 1.39. The first-order chi connectivity index (χ1) is 10.3. The molecule has 1 aromatic carbocycles. The molecule has 2 aromatic heterocycles. The predicted octanol–water partition coefficient (Wildman–Crippen LogP) is 3.22. The van der Waals surface area contributed by atoms with Gasteiger partial charge in [-0.3, -0.25) is 0 Å². The third-order valence-corrected chi connectivity index (χ3v) is 3.87. The highest BCUT2D eigenvalue weighted by Crippen LogP contribution is 2.26.